The average Bonchev–Trinajstić information content (AvgIpc) is 1.63. The maximum Gasteiger partial charge on any atom is 0.333 e. The Morgan fingerprint density at radius 1 is 1.67 bits per heavy atom. The minimum atomic E-state index is -0.646. The summed E-state index contributed by atoms with van der Waals surface area (Å²) in [6, 6.07) is 0. The predicted octanol–water partition coefficient (Wildman–Crippen LogP) is 1.42. The number of halogens is 1. The maximum absolute atomic E-state index is 11.2. The van der Waals surface area contributed by atoms with Crippen molar-refractivity contribution in [3.8, 4) is 0 Å². The first kappa shape index (κ1) is 8.14. The number of rotatable bonds is 2. The second-order valence-corrected chi connectivity index (χ2v) is 1.78. The van der Waals surface area contributed by atoms with Crippen LogP contribution in [0.4, 0.5) is 4.39 Å². The van der Waals surface area contributed by atoms with Crippen LogP contribution in [0.15, 0.2) is 12.4 Å². The van der Waals surface area contributed by atoms with Gasteiger partial charge in [0.1, 0.15) is 0 Å². The Balaban J connectivity index is 3.51. The summed E-state index contributed by atoms with van der Waals surface area (Å²) >= 11 is 0. The van der Waals surface area contributed by atoms with Crippen molar-refractivity contribution in [2.75, 3.05) is 0 Å². The van der Waals surface area contributed by atoms with Gasteiger partial charge in [-0.25, -0.2) is 9.18 Å². The molecule has 0 rings (SSSR count). The Morgan fingerprint density at radius 3 is 2.56 bits per heavy atom. The predicted molar refractivity (Wildman–Crippen MR) is 31.5 cm³/mol. The van der Waals surface area contributed by atoms with Crippen LogP contribution in [0.5, 0.6) is 0 Å². The van der Waals surface area contributed by atoms with Gasteiger partial charge in [-0.2, -0.15) is 0 Å². The Bertz CT molecular complexity index is 118. The molecule has 3 heteroatoms. The fourth-order valence-corrected chi connectivity index (χ4v) is 0.323. The topological polar surface area (TPSA) is 26.3 Å². The molecule has 9 heavy (non-hydrogen) atoms. The van der Waals surface area contributed by atoms with Crippen LogP contribution in [0.25, 0.3) is 0 Å². The Hall–Kier alpha value is -0.860. The highest BCUT2D eigenvalue weighted by molar-refractivity contribution is 5.81. The summed E-state index contributed by atoms with van der Waals surface area (Å²) in [7, 11) is 0. The van der Waals surface area contributed by atoms with E-state index in [4.69, 9.17) is 0 Å². The number of hydrogen-bond acceptors (Lipinski definition) is 2. The van der Waals surface area contributed by atoms with Gasteiger partial charge in [-0.1, -0.05) is 0 Å². The van der Waals surface area contributed by atoms with E-state index in [2.05, 4.69) is 4.74 Å². The number of ether oxygens (including phenoxy) is 1. The monoisotopic (exact) mass is 132 g/mol. The lowest BCUT2D eigenvalue weighted by Crippen LogP contribution is -2.07. The van der Waals surface area contributed by atoms with Gasteiger partial charge in [-0.05, 0) is 13.8 Å². The van der Waals surface area contributed by atoms with Crippen LogP contribution >= 0.6 is 0 Å². The zero-order valence-corrected chi connectivity index (χ0v) is 5.43. The number of carbonyl (C=O) groups is 1. The van der Waals surface area contributed by atoms with Gasteiger partial charge in [0, 0.05) is 0 Å². The lowest BCUT2D eigenvalue weighted by atomic mass is 10.5. The minimum Gasteiger partial charge on any atom is -0.460 e. The van der Waals surface area contributed by atoms with E-state index in [-0.39, 0.29) is 12.4 Å². The van der Waals surface area contributed by atoms with E-state index < -0.39 is 5.97 Å². The second kappa shape index (κ2) is 4.06. The molecule has 0 aromatic carbocycles. The standard InChI is InChI=1S/C6H9FO2/c1-5(2)9-6(8)3-4-7/h3-5H,1-2H3. The van der Waals surface area contributed by atoms with Crippen LogP contribution in [-0.2, 0) is 9.53 Å². The molecule has 0 aromatic heterocycles. The molecule has 0 radical (unpaired) electrons. The van der Waals surface area contributed by atoms with Crippen molar-refractivity contribution in [1.29, 1.82) is 0 Å². The quantitative estimate of drug-likeness (QED) is 0.419. The maximum atomic E-state index is 11.2. The van der Waals surface area contributed by atoms with Crippen LogP contribution in [0.2, 0.25) is 0 Å². The first-order valence-electron chi connectivity index (χ1n) is 2.64. The normalized spacial score (nSPS) is 10.7. The molecule has 0 unspecified atom stereocenters. The SMILES string of the molecule is CC(C)OC(=O)C=CF. The van der Waals surface area contributed by atoms with Crippen molar-refractivity contribution in [1.82, 2.24) is 0 Å². The Morgan fingerprint density at radius 2 is 2.22 bits per heavy atom. The first-order valence-corrected chi connectivity index (χ1v) is 2.64. The van der Waals surface area contributed by atoms with E-state index in [1.54, 1.807) is 13.8 Å². The summed E-state index contributed by atoms with van der Waals surface area (Å²) in [6.45, 7) is 3.40. The summed E-state index contributed by atoms with van der Waals surface area (Å²) in [5.74, 6) is -0.646. The molecule has 0 N–H and O–H groups in total. The third-order valence-corrected chi connectivity index (χ3v) is 0.551. The number of esters is 1. The lowest BCUT2D eigenvalue weighted by Gasteiger charge is -2.02. The molecule has 0 fully saturated rings. The minimum absolute atomic E-state index is 0.157. The first-order chi connectivity index (χ1) is 4.16. The third kappa shape index (κ3) is 5.00. The fourth-order valence-electron chi connectivity index (χ4n) is 0.323. The van der Waals surface area contributed by atoms with E-state index in [0.29, 0.717) is 0 Å². The molecule has 0 aliphatic heterocycles. The van der Waals surface area contributed by atoms with Gasteiger partial charge in [-0.3, -0.25) is 0 Å². The van der Waals surface area contributed by atoms with E-state index in [1.807, 2.05) is 0 Å². The fraction of sp³-hybridized carbons (Fsp3) is 0.500. The molecule has 0 amide bonds. The lowest BCUT2D eigenvalue weighted by molar-refractivity contribution is -0.141. The summed E-state index contributed by atoms with van der Waals surface area (Å²) in [5.41, 5.74) is 0. The van der Waals surface area contributed by atoms with Crippen molar-refractivity contribution in [3.05, 3.63) is 12.4 Å². The van der Waals surface area contributed by atoms with Gasteiger partial charge in [0.05, 0.1) is 18.5 Å². The molecule has 52 valence electrons. The van der Waals surface area contributed by atoms with E-state index in [0.717, 1.165) is 6.08 Å². The van der Waals surface area contributed by atoms with Crippen molar-refractivity contribution in [3.63, 3.8) is 0 Å². The highest BCUT2D eigenvalue weighted by Gasteiger charge is 1.98. The molecule has 0 bridgehead atoms. The summed E-state index contributed by atoms with van der Waals surface area (Å²) in [5, 5.41) is 0. The Labute approximate surface area is 53.3 Å². The van der Waals surface area contributed by atoms with Gasteiger partial charge in [0.15, 0.2) is 0 Å². The van der Waals surface area contributed by atoms with Crippen molar-refractivity contribution in [2.45, 2.75) is 20.0 Å². The van der Waals surface area contributed by atoms with Gasteiger partial charge in [0.2, 0.25) is 0 Å². The van der Waals surface area contributed by atoms with Gasteiger partial charge in [0.25, 0.3) is 0 Å². The van der Waals surface area contributed by atoms with Crippen LogP contribution in [0.1, 0.15) is 13.8 Å². The van der Waals surface area contributed by atoms with Crippen molar-refractivity contribution in [2.24, 2.45) is 0 Å². The second-order valence-electron chi connectivity index (χ2n) is 1.78. The van der Waals surface area contributed by atoms with Gasteiger partial charge >= 0.3 is 5.97 Å². The van der Waals surface area contributed by atoms with Crippen molar-refractivity contribution < 1.29 is 13.9 Å². The van der Waals surface area contributed by atoms with E-state index >= 15 is 0 Å². The molecule has 0 aliphatic carbocycles. The molecule has 0 heterocycles. The molecule has 2 nitrogen and oxygen atoms in total. The van der Waals surface area contributed by atoms with Gasteiger partial charge < -0.3 is 4.74 Å². The van der Waals surface area contributed by atoms with Crippen LogP contribution in [-0.4, -0.2) is 12.1 Å². The summed E-state index contributed by atoms with van der Waals surface area (Å²) in [6.07, 6.45) is 0.707. The molecular formula is C6H9FO2. The van der Waals surface area contributed by atoms with Gasteiger partial charge in [-0.15, -0.1) is 0 Å². The molecule has 0 aromatic rings. The molecule has 0 aliphatic rings. The van der Waals surface area contributed by atoms with Crippen LogP contribution < -0.4 is 0 Å². The zero-order chi connectivity index (χ0) is 7.28. The third-order valence-electron chi connectivity index (χ3n) is 0.551. The molecule has 0 atom stereocenters. The van der Waals surface area contributed by atoms with E-state index in [9.17, 15) is 9.18 Å². The molecule has 0 saturated carbocycles. The van der Waals surface area contributed by atoms with Crippen LogP contribution in [0.3, 0.4) is 0 Å². The van der Waals surface area contributed by atoms with Crippen molar-refractivity contribution >= 4 is 5.97 Å². The number of carbonyl (C=O) groups excluding carboxylic acids is 1. The highest BCUT2D eigenvalue weighted by atomic mass is 19.1. The zero-order valence-electron chi connectivity index (χ0n) is 5.43. The van der Waals surface area contributed by atoms with E-state index in [1.165, 1.54) is 0 Å². The molecular weight excluding hydrogens is 123 g/mol. The average molecular weight is 132 g/mol. The number of hydrogen-bond donors (Lipinski definition) is 0. The highest BCUT2D eigenvalue weighted by Crippen LogP contribution is 1.89. The largest absolute Gasteiger partial charge is 0.460 e. The molecule has 0 spiro atoms. The summed E-state index contributed by atoms with van der Waals surface area (Å²) in [4.78, 5) is 10.3. The van der Waals surface area contributed by atoms with Crippen LogP contribution in [0, 0.1) is 0 Å². The molecule has 0 saturated heterocycles. The smallest absolute Gasteiger partial charge is 0.333 e. The summed E-state index contributed by atoms with van der Waals surface area (Å²) < 4.78 is 15.7. The Kier molecular flexibility index (Phi) is 3.67.